The fraction of sp³-hybridized carbons (Fsp3) is 0.500. The summed E-state index contributed by atoms with van der Waals surface area (Å²) in [6.45, 7) is 0. The van der Waals surface area contributed by atoms with Gasteiger partial charge in [-0.3, -0.25) is 0 Å². The van der Waals surface area contributed by atoms with Gasteiger partial charge in [-0.05, 0) is 37.1 Å². The molecule has 1 aliphatic carbocycles. The number of benzene rings is 1. The zero-order chi connectivity index (χ0) is 12.3. The minimum atomic E-state index is 0.469. The summed E-state index contributed by atoms with van der Waals surface area (Å²) >= 11 is 4.96. The van der Waals surface area contributed by atoms with Crippen LogP contribution in [0.1, 0.15) is 37.7 Å². The molecule has 0 bridgehead atoms. The quantitative estimate of drug-likeness (QED) is 0.834. The first-order valence-corrected chi connectivity index (χ1v) is 6.72. The molecule has 2 rings (SSSR count). The molecule has 0 aliphatic heterocycles. The average molecular weight is 248 g/mol. The highest BCUT2D eigenvalue weighted by Gasteiger charge is 2.18. The van der Waals surface area contributed by atoms with Gasteiger partial charge in [-0.25, -0.2) is 0 Å². The van der Waals surface area contributed by atoms with Gasteiger partial charge in [-0.1, -0.05) is 31.5 Å². The fourth-order valence-electron chi connectivity index (χ4n) is 2.54. The first kappa shape index (κ1) is 12.4. The van der Waals surface area contributed by atoms with E-state index < -0.39 is 0 Å². The van der Waals surface area contributed by atoms with Gasteiger partial charge in [0, 0.05) is 24.3 Å². The van der Waals surface area contributed by atoms with E-state index in [1.165, 1.54) is 37.8 Å². The molecule has 0 spiro atoms. The second-order valence-electron chi connectivity index (χ2n) is 4.81. The number of anilines is 1. The predicted octanol–water partition coefficient (Wildman–Crippen LogP) is 3.09. The Morgan fingerprint density at radius 3 is 2.29 bits per heavy atom. The van der Waals surface area contributed by atoms with Crippen molar-refractivity contribution in [1.82, 2.24) is 0 Å². The second-order valence-corrected chi connectivity index (χ2v) is 5.25. The zero-order valence-corrected chi connectivity index (χ0v) is 11.2. The lowest BCUT2D eigenvalue weighted by molar-refractivity contribution is 0.427. The molecule has 3 heteroatoms. The summed E-state index contributed by atoms with van der Waals surface area (Å²) < 4.78 is 0. The maximum absolute atomic E-state index is 5.60. The number of nitrogens with zero attached hydrogens (tertiary/aromatic N) is 1. The summed E-state index contributed by atoms with van der Waals surface area (Å²) in [4.78, 5) is 2.86. The van der Waals surface area contributed by atoms with E-state index >= 15 is 0 Å². The Balaban J connectivity index is 2.07. The molecule has 1 saturated carbocycles. The molecule has 2 N–H and O–H groups in total. The monoisotopic (exact) mass is 248 g/mol. The summed E-state index contributed by atoms with van der Waals surface area (Å²) in [5.41, 5.74) is 7.81. The molecule has 1 fully saturated rings. The van der Waals surface area contributed by atoms with Crippen LogP contribution in [0.15, 0.2) is 24.3 Å². The van der Waals surface area contributed by atoms with E-state index in [1.54, 1.807) is 0 Å². The van der Waals surface area contributed by atoms with Crippen LogP contribution in [-0.4, -0.2) is 18.1 Å². The van der Waals surface area contributed by atoms with Gasteiger partial charge in [0.25, 0.3) is 0 Å². The van der Waals surface area contributed by atoms with E-state index in [0.717, 1.165) is 5.56 Å². The summed E-state index contributed by atoms with van der Waals surface area (Å²) in [6, 6.07) is 8.94. The Kier molecular flexibility index (Phi) is 4.00. The average Bonchev–Trinajstić information content (AvgIpc) is 2.39. The maximum atomic E-state index is 5.60. The Morgan fingerprint density at radius 1 is 1.18 bits per heavy atom. The van der Waals surface area contributed by atoms with Crippen molar-refractivity contribution in [2.75, 3.05) is 11.9 Å². The number of hydrogen-bond acceptors (Lipinski definition) is 2. The summed E-state index contributed by atoms with van der Waals surface area (Å²) in [5.74, 6) is 0. The summed E-state index contributed by atoms with van der Waals surface area (Å²) in [7, 11) is 2.19. The molecule has 1 aromatic rings. The molecule has 0 heterocycles. The van der Waals surface area contributed by atoms with Gasteiger partial charge in [-0.2, -0.15) is 0 Å². The van der Waals surface area contributed by atoms with Crippen molar-refractivity contribution in [2.24, 2.45) is 5.73 Å². The molecule has 1 aliphatic rings. The van der Waals surface area contributed by atoms with Gasteiger partial charge in [-0.15, -0.1) is 0 Å². The van der Waals surface area contributed by atoms with Crippen molar-refractivity contribution in [3.63, 3.8) is 0 Å². The topological polar surface area (TPSA) is 29.3 Å². The lowest BCUT2D eigenvalue weighted by Gasteiger charge is -2.33. The minimum absolute atomic E-state index is 0.469. The van der Waals surface area contributed by atoms with Crippen LogP contribution in [0.4, 0.5) is 5.69 Å². The Labute approximate surface area is 109 Å². The van der Waals surface area contributed by atoms with Gasteiger partial charge in [0.2, 0.25) is 0 Å². The van der Waals surface area contributed by atoms with Crippen LogP contribution in [0.2, 0.25) is 0 Å². The third-order valence-electron chi connectivity index (χ3n) is 3.68. The van der Waals surface area contributed by atoms with Gasteiger partial charge >= 0.3 is 0 Å². The van der Waals surface area contributed by atoms with Crippen LogP contribution in [-0.2, 0) is 0 Å². The smallest absolute Gasteiger partial charge is 0.103 e. The number of hydrogen-bond donors (Lipinski definition) is 1. The standard InChI is InChI=1S/C14H20N2S/c1-16(12-5-3-2-4-6-12)13-9-7-11(8-10-13)14(15)17/h7-10,12H,2-6H2,1H3,(H2,15,17). The van der Waals surface area contributed by atoms with Crippen molar-refractivity contribution in [2.45, 2.75) is 38.1 Å². The number of thiocarbonyl (C=S) groups is 1. The molecule has 0 radical (unpaired) electrons. The Bertz CT molecular complexity index is 380. The van der Waals surface area contributed by atoms with Crippen LogP contribution in [0.3, 0.4) is 0 Å². The molecule has 0 amide bonds. The van der Waals surface area contributed by atoms with E-state index in [9.17, 15) is 0 Å². The second kappa shape index (κ2) is 5.50. The molecule has 0 unspecified atom stereocenters. The molecule has 1 aromatic carbocycles. The Morgan fingerprint density at radius 2 is 1.76 bits per heavy atom. The molecule has 17 heavy (non-hydrogen) atoms. The molecular formula is C14H20N2S. The maximum Gasteiger partial charge on any atom is 0.103 e. The minimum Gasteiger partial charge on any atom is -0.389 e. The van der Waals surface area contributed by atoms with Crippen LogP contribution in [0, 0.1) is 0 Å². The largest absolute Gasteiger partial charge is 0.389 e. The van der Waals surface area contributed by atoms with Crippen LogP contribution in [0.5, 0.6) is 0 Å². The summed E-state index contributed by atoms with van der Waals surface area (Å²) in [5, 5.41) is 0. The number of rotatable bonds is 3. The molecule has 0 aromatic heterocycles. The van der Waals surface area contributed by atoms with Crippen LogP contribution in [0.25, 0.3) is 0 Å². The van der Waals surface area contributed by atoms with Gasteiger partial charge in [0.15, 0.2) is 0 Å². The SMILES string of the molecule is CN(c1ccc(C(N)=S)cc1)C1CCCCC1. The molecule has 92 valence electrons. The van der Waals surface area contributed by atoms with E-state index in [-0.39, 0.29) is 0 Å². The van der Waals surface area contributed by atoms with Crippen molar-refractivity contribution in [3.05, 3.63) is 29.8 Å². The molecule has 2 nitrogen and oxygen atoms in total. The lowest BCUT2D eigenvalue weighted by Crippen LogP contribution is -2.33. The predicted molar refractivity (Wildman–Crippen MR) is 77.6 cm³/mol. The number of nitrogens with two attached hydrogens (primary N) is 1. The highest BCUT2D eigenvalue weighted by Crippen LogP contribution is 2.26. The molecular weight excluding hydrogens is 228 g/mol. The van der Waals surface area contributed by atoms with E-state index in [4.69, 9.17) is 18.0 Å². The van der Waals surface area contributed by atoms with Crippen molar-refractivity contribution in [3.8, 4) is 0 Å². The van der Waals surface area contributed by atoms with Crippen LogP contribution < -0.4 is 10.6 Å². The van der Waals surface area contributed by atoms with E-state index in [1.807, 2.05) is 12.1 Å². The normalized spacial score (nSPS) is 16.8. The van der Waals surface area contributed by atoms with Crippen molar-refractivity contribution < 1.29 is 0 Å². The van der Waals surface area contributed by atoms with Crippen LogP contribution >= 0.6 is 12.2 Å². The zero-order valence-electron chi connectivity index (χ0n) is 10.4. The third-order valence-corrected chi connectivity index (χ3v) is 3.92. The highest BCUT2D eigenvalue weighted by molar-refractivity contribution is 7.80. The first-order valence-electron chi connectivity index (χ1n) is 6.31. The van der Waals surface area contributed by atoms with E-state index in [0.29, 0.717) is 11.0 Å². The van der Waals surface area contributed by atoms with Gasteiger partial charge < -0.3 is 10.6 Å². The van der Waals surface area contributed by atoms with E-state index in [2.05, 4.69) is 24.1 Å². The molecule has 0 atom stereocenters. The Hall–Kier alpha value is -1.09. The van der Waals surface area contributed by atoms with Crippen molar-refractivity contribution >= 4 is 22.9 Å². The van der Waals surface area contributed by atoms with Gasteiger partial charge in [0.05, 0.1) is 0 Å². The van der Waals surface area contributed by atoms with Crippen molar-refractivity contribution in [1.29, 1.82) is 0 Å². The lowest BCUT2D eigenvalue weighted by atomic mass is 9.94. The fourth-order valence-corrected chi connectivity index (χ4v) is 2.68. The summed E-state index contributed by atoms with van der Waals surface area (Å²) in [6.07, 6.45) is 6.74. The highest BCUT2D eigenvalue weighted by atomic mass is 32.1. The molecule has 0 saturated heterocycles. The first-order chi connectivity index (χ1) is 8.18. The van der Waals surface area contributed by atoms with Gasteiger partial charge in [0.1, 0.15) is 4.99 Å². The third kappa shape index (κ3) is 2.97.